The Balaban J connectivity index is 1.98. The van der Waals surface area contributed by atoms with Gasteiger partial charge in [0, 0.05) is 39.2 Å². The fraction of sp³-hybridized carbons (Fsp3) is 0.250. The van der Waals surface area contributed by atoms with Crippen molar-refractivity contribution in [3.05, 3.63) is 57.0 Å². The van der Waals surface area contributed by atoms with Crippen LogP contribution in [0.3, 0.4) is 0 Å². The Kier molecular flexibility index (Phi) is 4.11. The minimum absolute atomic E-state index is 0.0836. The van der Waals surface area contributed by atoms with Gasteiger partial charge in [0.05, 0.1) is 7.11 Å². The van der Waals surface area contributed by atoms with Crippen molar-refractivity contribution in [2.45, 2.75) is 18.6 Å². The van der Waals surface area contributed by atoms with Crippen LogP contribution in [-0.2, 0) is 0 Å². The minimum Gasteiger partial charge on any atom is -0.497 e. The highest BCUT2D eigenvalue weighted by atomic mass is 79.9. The summed E-state index contributed by atoms with van der Waals surface area (Å²) in [5.74, 6) is 1.51. The molecular formula is C16H15BrClNO2. The number of ether oxygens (including phenoxy) is 2. The zero-order valence-corrected chi connectivity index (χ0v) is 13.8. The van der Waals surface area contributed by atoms with Gasteiger partial charge in [0.2, 0.25) is 0 Å². The lowest BCUT2D eigenvalue weighted by Crippen LogP contribution is -2.24. The summed E-state index contributed by atoms with van der Waals surface area (Å²) in [5, 5.41) is 0.682. The van der Waals surface area contributed by atoms with Crippen LogP contribution in [0.2, 0.25) is 5.02 Å². The van der Waals surface area contributed by atoms with Gasteiger partial charge in [-0.15, -0.1) is 0 Å². The normalized spacial score (nSPS) is 20.6. The van der Waals surface area contributed by atoms with E-state index in [1.807, 2.05) is 36.4 Å². The van der Waals surface area contributed by atoms with Gasteiger partial charge in [-0.2, -0.15) is 0 Å². The fourth-order valence-electron chi connectivity index (χ4n) is 2.56. The average Bonchev–Trinajstić information content (AvgIpc) is 2.49. The van der Waals surface area contributed by atoms with Gasteiger partial charge in [0.1, 0.15) is 17.6 Å². The molecule has 2 atom stereocenters. The van der Waals surface area contributed by atoms with Crippen molar-refractivity contribution in [2.24, 2.45) is 5.73 Å². The van der Waals surface area contributed by atoms with Gasteiger partial charge in [-0.05, 0) is 24.3 Å². The third kappa shape index (κ3) is 2.89. The van der Waals surface area contributed by atoms with E-state index in [1.165, 1.54) is 0 Å². The van der Waals surface area contributed by atoms with E-state index in [-0.39, 0.29) is 12.1 Å². The number of halogens is 2. The molecule has 1 aliphatic heterocycles. The predicted molar refractivity (Wildman–Crippen MR) is 87.1 cm³/mol. The van der Waals surface area contributed by atoms with Crippen LogP contribution in [0.1, 0.15) is 29.7 Å². The molecule has 110 valence electrons. The number of rotatable bonds is 2. The maximum absolute atomic E-state index is 6.30. The standard InChI is InChI=1S/C16H15BrClNO2/c1-20-10-3-4-11-14(19)8-16(21-15(11)7-10)12-6-9(17)2-5-13(12)18/h2-7,14,16H,8,19H2,1H3/t14-,16?/m1/s1. The van der Waals surface area contributed by atoms with E-state index in [9.17, 15) is 0 Å². The first-order valence-corrected chi connectivity index (χ1v) is 7.80. The highest BCUT2D eigenvalue weighted by Crippen LogP contribution is 2.43. The van der Waals surface area contributed by atoms with Crippen LogP contribution in [0.5, 0.6) is 11.5 Å². The molecule has 0 aliphatic carbocycles. The van der Waals surface area contributed by atoms with Gasteiger partial charge in [-0.1, -0.05) is 33.6 Å². The van der Waals surface area contributed by atoms with Crippen LogP contribution in [-0.4, -0.2) is 7.11 Å². The molecular weight excluding hydrogens is 354 g/mol. The molecule has 0 spiro atoms. The molecule has 2 aromatic carbocycles. The number of fused-ring (bicyclic) bond motifs is 1. The molecule has 21 heavy (non-hydrogen) atoms. The largest absolute Gasteiger partial charge is 0.497 e. The third-order valence-electron chi connectivity index (χ3n) is 3.66. The van der Waals surface area contributed by atoms with Crippen molar-refractivity contribution >= 4 is 27.5 Å². The second-order valence-corrected chi connectivity index (χ2v) is 6.34. The Morgan fingerprint density at radius 3 is 2.81 bits per heavy atom. The molecule has 3 rings (SSSR count). The van der Waals surface area contributed by atoms with Crippen LogP contribution >= 0.6 is 27.5 Å². The van der Waals surface area contributed by atoms with E-state index >= 15 is 0 Å². The van der Waals surface area contributed by atoms with E-state index < -0.39 is 0 Å². The molecule has 0 aromatic heterocycles. The third-order valence-corrected chi connectivity index (χ3v) is 4.50. The van der Waals surface area contributed by atoms with Crippen molar-refractivity contribution < 1.29 is 9.47 Å². The van der Waals surface area contributed by atoms with E-state index in [2.05, 4.69) is 15.9 Å². The Bertz CT molecular complexity index is 677. The molecule has 5 heteroatoms. The predicted octanol–water partition coefficient (Wildman–Crippen LogP) is 4.63. The van der Waals surface area contributed by atoms with Crippen LogP contribution in [0, 0.1) is 0 Å². The SMILES string of the molecule is COc1ccc2c(c1)OC(c1cc(Br)ccc1Cl)C[C@H]2N. The fourth-order valence-corrected chi connectivity index (χ4v) is 3.18. The van der Waals surface area contributed by atoms with E-state index in [0.29, 0.717) is 11.4 Å². The topological polar surface area (TPSA) is 44.5 Å². The summed E-state index contributed by atoms with van der Waals surface area (Å²) >= 11 is 9.76. The van der Waals surface area contributed by atoms with Gasteiger partial charge in [-0.25, -0.2) is 0 Å². The van der Waals surface area contributed by atoms with Crippen LogP contribution < -0.4 is 15.2 Å². The lowest BCUT2D eigenvalue weighted by atomic mass is 9.93. The summed E-state index contributed by atoms with van der Waals surface area (Å²) in [6, 6.07) is 11.4. The van der Waals surface area contributed by atoms with Gasteiger partial charge in [-0.3, -0.25) is 0 Å². The van der Waals surface area contributed by atoms with Crippen LogP contribution in [0.25, 0.3) is 0 Å². The first-order valence-electron chi connectivity index (χ1n) is 6.63. The quantitative estimate of drug-likeness (QED) is 0.840. The zero-order valence-electron chi connectivity index (χ0n) is 11.5. The van der Waals surface area contributed by atoms with Crippen molar-refractivity contribution in [2.75, 3.05) is 7.11 Å². The number of methoxy groups -OCH3 is 1. The van der Waals surface area contributed by atoms with E-state index in [0.717, 1.165) is 27.1 Å². The first-order chi connectivity index (χ1) is 10.1. The van der Waals surface area contributed by atoms with Crippen molar-refractivity contribution in [1.82, 2.24) is 0 Å². The Morgan fingerprint density at radius 1 is 1.24 bits per heavy atom. The molecule has 1 unspecified atom stereocenters. The van der Waals surface area contributed by atoms with Crippen molar-refractivity contribution in [3.63, 3.8) is 0 Å². The number of hydrogen-bond donors (Lipinski definition) is 1. The molecule has 1 heterocycles. The highest BCUT2D eigenvalue weighted by molar-refractivity contribution is 9.10. The van der Waals surface area contributed by atoms with Crippen molar-refractivity contribution in [1.29, 1.82) is 0 Å². The zero-order chi connectivity index (χ0) is 15.0. The Labute approximate surface area is 137 Å². The van der Waals surface area contributed by atoms with Gasteiger partial charge >= 0.3 is 0 Å². The molecule has 0 bridgehead atoms. The molecule has 2 N–H and O–H groups in total. The smallest absolute Gasteiger partial charge is 0.128 e. The minimum atomic E-state index is -0.162. The summed E-state index contributed by atoms with van der Waals surface area (Å²) in [5.41, 5.74) is 8.22. The number of hydrogen-bond acceptors (Lipinski definition) is 3. The molecule has 1 aliphatic rings. The van der Waals surface area contributed by atoms with Gasteiger partial charge < -0.3 is 15.2 Å². The summed E-state index contributed by atoms with van der Waals surface area (Å²) in [6.45, 7) is 0. The highest BCUT2D eigenvalue weighted by Gasteiger charge is 2.28. The second-order valence-electron chi connectivity index (χ2n) is 5.02. The number of nitrogens with two attached hydrogens (primary N) is 1. The maximum Gasteiger partial charge on any atom is 0.128 e. The second kappa shape index (κ2) is 5.87. The number of benzene rings is 2. The van der Waals surface area contributed by atoms with Crippen LogP contribution in [0.15, 0.2) is 40.9 Å². The van der Waals surface area contributed by atoms with Gasteiger partial charge in [0.15, 0.2) is 0 Å². The summed E-state index contributed by atoms with van der Waals surface area (Å²) in [6.07, 6.45) is 0.528. The molecule has 0 saturated heterocycles. The van der Waals surface area contributed by atoms with E-state index in [1.54, 1.807) is 7.11 Å². The van der Waals surface area contributed by atoms with E-state index in [4.69, 9.17) is 26.8 Å². The first kappa shape index (κ1) is 14.7. The molecule has 0 fully saturated rings. The maximum atomic E-state index is 6.30. The molecule has 3 nitrogen and oxygen atoms in total. The lowest BCUT2D eigenvalue weighted by molar-refractivity contribution is 0.161. The average molecular weight is 369 g/mol. The summed E-state index contributed by atoms with van der Waals surface area (Å²) < 4.78 is 12.3. The molecule has 0 amide bonds. The molecule has 2 aromatic rings. The summed E-state index contributed by atoms with van der Waals surface area (Å²) in [4.78, 5) is 0. The Morgan fingerprint density at radius 2 is 2.05 bits per heavy atom. The van der Waals surface area contributed by atoms with Crippen LogP contribution in [0.4, 0.5) is 0 Å². The van der Waals surface area contributed by atoms with Gasteiger partial charge in [0.25, 0.3) is 0 Å². The molecule has 0 saturated carbocycles. The molecule has 0 radical (unpaired) electrons. The monoisotopic (exact) mass is 367 g/mol. The summed E-state index contributed by atoms with van der Waals surface area (Å²) in [7, 11) is 1.63. The van der Waals surface area contributed by atoms with Crippen molar-refractivity contribution in [3.8, 4) is 11.5 Å². The lowest BCUT2D eigenvalue weighted by Gasteiger charge is -2.31. The Hall–Kier alpha value is -1.23.